The molecule has 22 heavy (non-hydrogen) atoms. The van der Waals surface area contributed by atoms with Gasteiger partial charge in [0.25, 0.3) is 0 Å². The van der Waals surface area contributed by atoms with Crippen LogP contribution >= 0.6 is 11.8 Å². The lowest BCUT2D eigenvalue weighted by atomic mass is 10.1. The van der Waals surface area contributed by atoms with Gasteiger partial charge in [-0.25, -0.2) is 0 Å². The van der Waals surface area contributed by atoms with Gasteiger partial charge < -0.3 is 15.3 Å². The van der Waals surface area contributed by atoms with E-state index in [1.165, 1.54) is 44.3 Å². The summed E-state index contributed by atoms with van der Waals surface area (Å²) in [5, 5.41) is 30.1. The van der Waals surface area contributed by atoms with E-state index in [-0.39, 0.29) is 0 Å². The Balaban J connectivity index is 1.89. The van der Waals surface area contributed by atoms with Crippen molar-refractivity contribution in [1.82, 2.24) is 5.06 Å². The van der Waals surface area contributed by atoms with Gasteiger partial charge >= 0.3 is 0 Å². The minimum absolute atomic E-state index is 0.477. The summed E-state index contributed by atoms with van der Waals surface area (Å²) in [5.41, 5.74) is 0. The van der Waals surface area contributed by atoms with Crippen molar-refractivity contribution < 1.29 is 20.2 Å². The predicted molar refractivity (Wildman–Crippen MR) is 90.1 cm³/mol. The van der Waals surface area contributed by atoms with Gasteiger partial charge in [-0.05, 0) is 44.1 Å². The van der Waals surface area contributed by atoms with E-state index in [9.17, 15) is 15.3 Å². The predicted octanol–water partition coefficient (Wildman–Crippen LogP) is 2.84. The van der Waals surface area contributed by atoms with E-state index < -0.39 is 18.7 Å². The van der Waals surface area contributed by atoms with E-state index in [1.807, 2.05) is 11.8 Å². The second-order valence-corrected chi connectivity index (χ2v) is 7.05. The van der Waals surface area contributed by atoms with Gasteiger partial charge in [-0.15, -0.1) is 5.06 Å². The number of hydroxylamine groups is 2. The largest absolute Gasteiger partial charge is 0.376 e. The SMILES string of the molecule is CSCCCCCCCCCCC(O)ON1C(O)CCC1O. The highest BCUT2D eigenvalue weighted by Crippen LogP contribution is 2.22. The molecule has 0 aromatic rings. The zero-order chi connectivity index (χ0) is 16.2. The summed E-state index contributed by atoms with van der Waals surface area (Å²) >= 11 is 1.92. The maximum absolute atomic E-state index is 9.78. The van der Waals surface area contributed by atoms with Gasteiger partial charge in [-0.2, -0.15) is 11.8 Å². The van der Waals surface area contributed by atoms with Gasteiger partial charge in [0.2, 0.25) is 0 Å². The van der Waals surface area contributed by atoms with Crippen molar-refractivity contribution in [2.45, 2.75) is 89.4 Å². The number of hydrogen-bond acceptors (Lipinski definition) is 6. The molecule has 3 atom stereocenters. The smallest absolute Gasteiger partial charge is 0.174 e. The maximum atomic E-state index is 9.78. The molecule has 0 saturated carbocycles. The quantitative estimate of drug-likeness (QED) is 0.355. The Bertz CT molecular complexity index is 261. The number of thioether (sulfide) groups is 1. The number of aliphatic hydroxyl groups is 3. The average molecular weight is 336 g/mol. The molecule has 1 aliphatic rings. The Hall–Kier alpha value is 0.150. The fourth-order valence-corrected chi connectivity index (χ4v) is 3.20. The molecule has 0 spiro atoms. The molecule has 1 aliphatic heterocycles. The zero-order valence-electron chi connectivity index (χ0n) is 13.8. The standard InChI is InChI=1S/C16H33NO4S/c1-22-13-9-7-5-3-2-4-6-8-10-16(20)21-17-14(18)11-12-15(17)19/h14-16,18-20H,2-13H2,1H3. The van der Waals surface area contributed by atoms with E-state index >= 15 is 0 Å². The summed E-state index contributed by atoms with van der Waals surface area (Å²) in [7, 11) is 0. The minimum atomic E-state index is -0.936. The highest BCUT2D eigenvalue weighted by Gasteiger charge is 2.33. The van der Waals surface area contributed by atoms with Crippen molar-refractivity contribution in [2.75, 3.05) is 12.0 Å². The van der Waals surface area contributed by atoms with Crippen LogP contribution in [0, 0.1) is 0 Å². The van der Waals surface area contributed by atoms with Crippen LogP contribution in [0.3, 0.4) is 0 Å². The Morgan fingerprint density at radius 1 is 0.955 bits per heavy atom. The molecule has 6 heteroatoms. The summed E-state index contributed by atoms with van der Waals surface area (Å²) < 4.78 is 0. The molecule has 1 rings (SSSR count). The molecule has 5 nitrogen and oxygen atoms in total. The monoisotopic (exact) mass is 335 g/mol. The van der Waals surface area contributed by atoms with Crippen molar-refractivity contribution in [3.05, 3.63) is 0 Å². The maximum Gasteiger partial charge on any atom is 0.174 e. The first-order chi connectivity index (χ1) is 10.6. The molecular weight excluding hydrogens is 302 g/mol. The molecule has 3 unspecified atom stereocenters. The van der Waals surface area contributed by atoms with E-state index in [2.05, 4.69) is 6.26 Å². The van der Waals surface area contributed by atoms with E-state index in [4.69, 9.17) is 4.84 Å². The molecule has 132 valence electrons. The Morgan fingerprint density at radius 2 is 1.45 bits per heavy atom. The molecule has 0 amide bonds. The van der Waals surface area contributed by atoms with Crippen molar-refractivity contribution >= 4 is 11.8 Å². The lowest BCUT2D eigenvalue weighted by molar-refractivity contribution is -0.338. The minimum Gasteiger partial charge on any atom is -0.376 e. The second kappa shape index (κ2) is 12.6. The van der Waals surface area contributed by atoms with E-state index in [0.717, 1.165) is 17.9 Å². The number of rotatable bonds is 13. The van der Waals surface area contributed by atoms with Crippen molar-refractivity contribution in [3.8, 4) is 0 Å². The summed E-state index contributed by atoms with van der Waals surface area (Å²) in [6.45, 7) is 0. The fraction of sp³-hybridized carbons (Fsp3) is 1.00. The van der Waals surface area contributed by atoms with Crippen LogP contribution in [0.4, 0.5) is 0 Å². The normalized spacial score (nSPS) is 24.0. The first-order valence-electron chi connectivity index (χ1n) is 8.63. The Morgan fingerprint density at radius 3 is 2.00 bits per heavy atom. The molecule has 0 aromatic carbocycles. The molecule has 0 bridgehead atoms. The molecule has 3 N–H and O–H groups in total. The molecule has 1 heterocycles. The summed E-state index contributed by atoms with van der Waals surface area (Å²) in [6.07, 6.45) is 10.9. The topological polar surface area (TPSA) is 73.2 Å². The van der Waals surface area contributed by atoms with Crippen molar-refractivity contribution in [3.63, 3.8) is 0 Å². The molecule has 1 fully saturated rings. The van der Waals surface area contributed by atoms with Crippen LogP contribution < -0.4 is 0 Å². The second-order valence-electron chi connectivity index (χ2n) is 6.07. The van der Waals surface area contributed by atoms with Crippen LogP contribution in [0.2, 0.25) is 0 Å². The van der Waals surface area contributed by atoms with Crippen LogP contribution in [-0.4, -0.2) is 51.1 Å². The summed E-state index contributed by atoms with van der Waals surface area (Å²) in [6, 6.07) is 0. The van der Waals surface area contributed by atoms with Gasteiger partial charge in [-0.3, -0.25) is 4.84 Å². The van der Waals surface area contributed by atoms with Crippen LogP contribution in [0.25, 0.3) is 0 Å². The van der Waals surface area contributed by atoms with Crippen LogP contribution in [0.5, 0.6) is 0 Å². The molecule has 0 radical (unpaired) electrons. The Labute approximate surface area is 139 Å². The number of hydrogen-bond donors (Lipinski definition) is 3. The molecule has 0 aliphatic carbocycles. The van der Waals surface area contributed by atoms with Gasteiger partial charge in [0.1, 0.15) is 12.5 Å². The summed E-state index contributed by atoms with van der Waals surface area (Å²) in [4.78, 5) is 5.21. The summed E-state index contributed by atoms with van der Waals surface area (Å²) in [5.74, 6) is 1.28. The van der Waals surface area contributed by atoms with Crippen molar-refractivity contribution in [2.24, 2.45) is 0 Å². The highest BCUT2D eigenvalue weighted by molar-refractivity contribution is 7.98. The molecule has 0 aromatic heterocycles. The number of nitrogens with zero attached hydrogens (tertiary/aromatic N) is 1. The van der Waals surface area contributed by atoms with Gasteiger partial charge in [0.05, 0.1) is 0 Å². The highest BCUT2D eigenvalue weighted by atomic mass is 32.2. The lowest BCUT2D eigenvalue weighted by Gasteiger charge is -2.25. The number of unbranched alkanes of at least 4 members (excludes halogenated alkanes) is 7. The number of aliphatic hydroxyl groups excluding tert-OH is 3. The van der Waals surface area contributed by atoms with Crippen LogP contribution in [-0.2, 0) is 4.84 Å². The zero-order valence-corrected chi connectivity index (χ0v) is 14.6. The van der Waals surface area contributed by atoms with Crippen LogP contribution in [0.15, 0.2) is 0 Å². The van der Waals surface area contributed by atoms with E-state index in [1.54, 1.807) is 0 Å². The van der Waals surface area contributed by atoms with Gasteiger partial charge in [0.15, 0.2) is 6.29 Å². The van der Waals surface area contributed by atoms with Gasteiger partial charge in [-0.1, -0.05) is 38.5 Å². The molecular formula is C16H33NO4S. The average Bonchev–Trinajstić information content (AvgIpc) is 2.81. The third kappa shape index (κ3) is 8.70. The van der Waals surface area contributed by atoms with Crippen LogP contribution in [0.1, 0.15) is 70.6 Å². The third-order valence-corrected chi connectivity index (χ3v) is 4.76. The third-order valence-electron chi connectivity index (χ3n) is 4.06. The Kier molecular flexibility index (Phi) is 11.5. The first kappa shape index (κ1) is 20.2. The first-order valence-corrected chi connectivity index (χ1v) is 10.0. The van der Waals surface area contributed by atoms with Crippen molar-refractivity contribution in [1.29, 1.82) is 0 Å². The fourth-order valence-electron chi connectivity index (χ4n) is 2.71. The van der Waals surface area contributed by atoms with E-state index in [0.29, 0.717) is 19.3 Å². The molecule has 1 saturated heterocycles. The van der Waals surface area contributed by atoms with Gasteiger partial charge in [0, 0.05) is 0 Å². The lowest BCUT2D eigenvalue weighted by Crippen LogP contribution is -2.39.